The van der Waals surface area contributed by atoms with Crippen molar-refractivity contribution in [3.05, 3.63) is 65.4 Å². The van der Waals surface area contributed by atoms with E-state index in [1.165, 1.54) is 7.11 Å². The maximum absolute atomic E-state index is 11.8. The summed E-state index contributed by atoms with van der Waals surface area (Å²) in [4.78, 5) is 33.1. The van der Waals surface area contributed by atoms with E-state index in [0.717, 1.165) is 24.2 Å². The fraction of sp³-hybridized carbons (Fsp3) is 0.167. The average Bonchev–Trinajstić information content (AvgIpc) is 2.60. The number of halogens is 4. The molecule has 0 atom stereocenters. The van der Waals surface area contributed by atoms with E-state index in [2.05, 4.69) is 68.5 Å². The molecular weight excluding hydrogens is 600 g/mol. The van der Waals surface area contributed by atoms with Crippen LogP contribution in [-0.2, 0) is 9.53 Å². The molecule has 0 saturated heterocycles. The molecule has 0 aliphatic heterocycles. The van der Waals surface area contributed by atoms with Crippen LogP contribution in [0.4, 0.5) is 0 Å². The number of rotatable bonds is 5. The van der Waals surface area contributed by atoms with Crippen molar-refractivity contribution >= 4 is 81.8 Å². The van der Waals surface area contributed by atoms with E-state index >= 15 is 0 Å². The molecule has 2 aromatic rings. The third-order valence-electron chi connectivity index (χ3n) is 3.14. The van der Waals surface area contributed by atoms with Crippen LogP contribution in [0.25, 0.3) is 0 Å². The van der Waals surface area contributed by atoms with Gasteiger partial charge in [0.15, 0.2) is 12.1 Å². The number of ether oxygens (including phenoxy) is 1. The van der Waals surface area contributed by atoms with E-state index in [9.17, 15) is 14.4 Å². The number of Topliss-reactive ketones (excluding diaryl/α,β-unsaturated/α-hetero) is 1. The lowest BCUT2D eigenvalue weighted by molar-refractivity contribution is -0.140. The van der Waals surface area contributed by atoms with Gasteiger partial charge in [0.25, 0.3) is 0 Å². The van der Waals surface area contributed by atoms with Crippen LogP contribution in [0.1, 0.15) is 33.6 Å². The van der Waals surface area contributed by atoms with Gasteiger partial charge in [-0.1, -0.05) is 75.9 Å². The summed E-state index contributed by atoms with van der Waals surface area (Å²) in [5.74, 6) is -0.471. The summed E-state index contributed by atoms with van der Waals surface area (Å²) in [6.45, 7) is 0. The third-order valence-corrected chi connectivity index (χ3v) is 5.85. The highest BCUT2D eigenvalue weighted by atomic mass is 79.9. The monoisotopic (exact) mass is 610 g/mol. The molecule has 0 spiro atoms. The van der Waals surface area contributed by atoms with Gasteiger partial charge < -0.3 is 4.74 Å². The highest BCUT2D eigenvalue weighted by molar-refractivity contribution is 9.11. The second-order valence-corrected chi connectivity index (χ2v) is 8.27. The molecule has 0 aliphatic rings. The van der Waals surface area contributed by atoms with Gasteiger partial charge >= 0.3 is 5.97 Å². The van der Waals surface area contributed by atoms with Crippen LogP contribution in [0.2, 0.25) is 0 Å². The number of carbonyl (C=O) groups excluding carboxylic acids is 3. The summed E-state index contributed by atoms with van der Waals surface area (Å²) in [6.07, 6.45) is 1.06. The van der Waals surface area contributed by atoms with Crippen LogP contribution in [0.5, 0.6) is 0 Å². The van der Waals surface area contributed by atoms with Gasteiger partial charge in [-0.2, -0.15) is 0 Å². The molecule has 0 saturated carbocycles. The first-order chi connectivity index (χ1) is 12.3. The molecule has 0 N–H and O–H groups in total. The summed E-state index contributed by atoms with van der Waals surface area (Å²) < 4.78 is 7.55. The molecule has 138 valence electrons. The van der Waals surface area contributed by atoms with E-state index in [4.69, 9.17) is 0 Å². The van der Waals surface area contributed by atoms with Crippen LogP contribution in [0.15, 0.2) is 54.3 Å². The Kier molecular flexibility index (Phi) is 10.5. The molecule has 26 heavy (non-hydrogen) atoms. The van der Waals surface area contributed by atoms with Gasteiger partial charge in [0.1, 0.15) is 0 Å². The van der Waals surface area contributed by atoms with E-state index in [-0.39, 0.29) is 24.6 Å². The van der Waals surface area contributed by atoms with Gasteiger partial charge in [-0.25, -0.2) is 0 Å². The quantitative estimate of drug-likeness (QED) is 0.223. The number of carbonyl (C=O) groups is 3. The normalized spacial score (nSPS) is 9.73. The SMILES string of the molecule is COC(=O)CCC(=O)c1c(Br)cccc1Br.O=Cc1c(Br)cccc1Br. The number of hydrogen-bond donors (Lipinski definition) is 0. The average molecular weight is 614 g/mol. The predicted molar refractivity (Wildman–Crippen MR) is 115 cm³/mol. The van der Waals surface area contributed by atoms with Gasteiger partial charge in [0.05, 0.1) is 13.5 Å². The van der Waals surface area contributed by atoms with Crippen molar-refractivity contribution in [2.75, 3.05) is 7.11 Å². The van der Waals surface area contributed by atoms with Crippen molar-refractivity contribution in [3.8, 4) is 0 Å². The van der Waals surface area contributed by atoms with Crippen molar-refractivity contribution in [2.24, 2.45) is 0 Å². The van der Waals surface area contributed by atoms with Crippen LogP contribution in [0, 0.1) is 0 Å². The molecule has 4 nitrogen and oxygen atoms in total. The topological polar surface area (TPSA) is 60.4 Å². The molecule has 0 unspecified atom stereocenters. The van der Waals surface area contributed by atoms with Gasteiger partial charge in [-0.05, 0) is 24.3 Å². The minimum Gasteiger partial charge on any atom is -0.469 e. The van der Waals surface area contributed by atoms with Crippen molar-refractivity contribution in [1.82, 2.24) is 0 Å². The van der Waals surface area contributed by atoms with E-state index in [1.807, 2.05) is 24.3 Å². The van der Waals surface area contributed by atoms with Crippen molar-refractivity contribution in [1.29, 1.82) is 0 Å². The van der Waals surface area contributed by atoms with Crippen molar-refractivity contribution < 1.29 is 19.1 Å². The Balaban J connectivity index is 0.000000289. The van der Waals surface area contributed by atoms with Crippen LogP contribution in [0.3, 0.4) is 0 Å². The smallest absolute Gasteiger partial charge is 0.305 e. The Morgan fingerprint density at radius 3 is 1.73 bits per heavy atom. The zero-order valence-corrected chi connectivity index (χ0v) is 19.9. The molecular formula is C18H14Br4O4. The molecule has 2 aromatic carbocycles. The molecule has 0 bridgehead atoms. The summed E-state index contributed by atoms with van der Waals surface area (Å²) in [6, 6.07) is 10.9. The first kappa shape index (κ1) is 23.2. The molecule has 0 fully saturated rings. The summed E-state index contributed by atoms with van der Waals surface area (Å²) in [5, 5.41) is 0. The molecule has 0 amide bonds. The number of aldehydes is 1. The van der Waals surface area contributed by atoms with Gasteiger partial charge in [-0.3, -0.25) is 14.4 Å². The second-order valence-electron chi connectivity index (χ2n) is 4.85. The standard InChI is InChI=1S/C11H10Br2O3.C7H4Br2O/c1-16-10(15)6-5-9(14)11-7(12)3-2-4-8(11)13;8-6-2-1-3-7(9)5(6)4-10/h2-4H,5-6H2,1H3;1-4H. The Hall–Kier alpha value is -0.830. The molecule has 2 rings (SSSR count). The summed E-state index contributed by atoms with van der Waals surface area (Å²) in [5.41, 5.74) is 1.22. The minimum absolute atomic E-state index is 0.0928. The van der Waals surface area contributed by atoms with Crippen molar-refractivity contribution in [3.63, 3.8) is 0 Å². The fourth-order valence-corrected chi connectivity index (χ4v) is 4.46. The lowest BCUT2D eigenvalue weighted by atomic mass is 10.1. The molecule has 0 aliphatic carbocycles. The Labute approximate surface area is 185 Å². The maximum Gasteiger partial charge on any atom is 0.305 e. The van der Waals surface area contributed by atoms with E-state index < -0.39 is 0 Å². The highest BCUT2D eigenvalue weighted by Gasteiger charge is 2.15. The Bertz CT molecular complexity index is 765. The van der Waals surface area contributed by atoms with Crippen LogP contribution >= 0.6 is 63.7 Å². The molecule has 0 radical (unpaired) electrons. The van der Waals surface area contributed by atoms with E-state index in [0.29, 0.717) is 11.1 Å². The van der Waals surface area contributed by atoms with Crippen molar-refractivity contribution in [2.45, 2.75) is 12.8 Å². The van der Waals surface area contributed by atoms with Crippen LogP contribution < -0.4 is 0 Å². The highest BCUT2D eigenvalue weighted by Crippen LogP contribution is 2.26. The largest absolute Gasteiger partial charge is 0.469 e. The predicted octanol–water partition coefficient (Wildman–Crippen LogP) is 6.37. The van der Waals surface area contributed by atoms with Crippen LogP contribution in [-0.4, -0.2) is 25.1 Å². The lowest BCUT2D eigenvalue weighted by Gasteiger charge is -2.05. The van der Waals surface area contributed by atoms with E-state index in [1.54, 1.807) is 12.1 Å². The first-order valence-corrected chi connectivity index (χ1v) is 10.4. The number of hydrogen-bond acceptors (Lipinski definition) is 4. The number of esters is 1. The number of benzene rings is 2. The Morgan fingerprint density at radius 1 is 0.885 bits per heavy atom. The molecule has 8 heteroatoms. The summed E-state index contributed by atoms with van der Waals surface area (Å²) in [7, 11) is 1.31. The van der Waals surface area contributed by atoms with Gasteiger partial charge in [0.2, 0.25) is 0 Å². The summed E-state index contributed by atoms with van der Waals surface area (Å²) >= 11 is 13.1. The zero-order valence-electron chi connectivity index (χ0n) is 13.6. The van der Waals surface area contributed by atoms with Gasteiger partial charge in [-0.15, -0.1) is 0 Å². The molecule has 0 heterocycles. The minimum atomic E-state index is -0.378. The number of methoxy groups -OCH3 is 1. The maximum atomic E-state index is 11.8. The lowest BCUT2D eigenvalue weighted by Crippen LogP contribution is -2.07. The molecule has 0 aromatic heterocycles. The number of ketones is 1. The van der Waals surface area contributed by atoms with Gasteiger partial charge in [0, 0.05) is 35.4 Å². The first-order valence-electron chi connectivity index (χ1n) is 7.25. The third kappa shape index (κ3) is 7.06. The zero-order chi connectivity index (χ0) is 19.7. The fourth-order valence-electron chi connectivity index (χ4n) is 1.83. The second kappa shape index (κ2) is 11.8. The Morgan fingerprint density at radius 2 is 1.35 bits per heavy atom.